The van der Waals surface area contributed by atoms with Crippen molar-refractivity contribution < 1.29 is 9.59 Å². The molecule has 6 nitrogen and oxygen atoms in total. The minimum absolute atomic E-state index is 0.389. The number of hydrogen-bond donors (Lipinski definition) is 2. The van der Waals surface area contributed by atoms with E-state index in [0.29, 0.717) is 18.7 Å². The van der Waals surface area contributed by atoms with Gasteiger partial charge in [0.25, 0.3) is 0 Å². The molecule has 0 radical (unpaired) electrons. The first-order valence-corrected chi connectivity index (χ1v) is 6.82. The minimum Gasteiger partial charge on any atom is -0.347 e. The fourth-order valence-electron chi connectivity index (χ4n) is 1.71. The van der Waals surface area contributed by atoms with Gasteiger partial charge in [-0.25, -0.2) is 5.43 Å². The number of carbonyl (C=O) groups excluding carboxylic acids is 2. The largest absolute Gasteiger partial charge is 0.347 e. The lowest BCUT2D eigenvalue weighted by atomic mass is 10.1. The number of nitrogens with one attached hydrogen (secondary N) is 2. The first-order chi connectivity index (χ1) is 10.8. The standard InChI is InChI=1S/C16H16N4O2/c21-15(18-11-9-13-6-2-1-3-7-13)16(22)20-19-12-14-8-4-5-10-17-14/h1-8,10,12H,9,11H2,(H,18,21)(H,20,22)/b19-12-. The molecule has 2 amide bonds. The Morgan fingerprint density at radius 2 is 1.82 bits per heavy atom. The zero-order chi connectivity index (χ0) is 15.6. The lowest BCUT2D eigenvalue weighted by molar-refractivity contribution is -0.139. The molecule has 1 aromatic carbocycles. The van der Waals surface area contributed by atoms with E-state index < -0.39 is 11.8 Å². The van der Waals surface area contributed by atoms with Gasteiger partial charge in [-0.2, -0.15) is 5.10 Å². The van der Waals surface area contributed by atoms with Crippen LogP contribution in [0.4, 0.5) is 0 Å². The van der Waals surface area contributed by atoms with Crippen molar-refractivity contribution in [3.05, 3.63) is 66.0 Å². The molecule has 112 valence electrons. The minimum atomic E-state index is -0.805. The van der Waals surface area contributed by atoms with Crippen LogP contribution in [0, 0.1) is 0 Å². The van der Waals surface area contributed by atoms with Gasteiger partial charge in [-0.05, 0) is 24.1 Å². The second-order valence-electron chi connectivity index (χ2n) is 4.45. The quantitative estimate of drug-likeness (QED) is 0.488. The molecule has 0 saturated heterocycles. The van der Waals surface area contributed by atoms with Crippen molar-refractivity contribution in [1.29, 1.82) is 0 Å². The van der Waals surface area contributed by atoms with Gasteiger partial charge >= 0.3 is 11.8 Å². The predicted octanol–water partition coefficient (Wildman–Crippen LogP) is 0.891. The summed E-state index contributed by atoms with van der Waals surface area (Å²) in [5, 5.41) is 6.22. The third-order valence-electron chi connectivity index (χ3n) is 2.80. The first-order valence-electron chi connectivity index (χ1n) is 6.82. The predicted molar refractivity (Wildman–Crippen MR) is 83.1 cm³/mol. The molecule has 0 aliphatic rings. The van der Waals surface area contributed by atoms with E-state index in [1.165, 1.54) is 6.21 Å². The zero-order valence-electron chi connectivity index (χ0n) is 11.9. The second kappa shape index (κ2) is 8.31. The average molecular weight is 296 g/mol. The van der Waals surface area contributed by atoms with Gasteiger partial charge in [-0.3, -0.25) is 14.6 Å². The van der Waals surface area contributed by atoms with Crippen molar-refractivity contribution in [2.75, 3.05) is 6.54 Å². The van der Waals surface area contributed by atoms with Gasteiger partial charge in [-0.1, -0.05) is 36.4 Å². The second-order valence-corrected chi connectivity index (χ2v) is 4.45. The SMILES string of the molecule is O=C(NCCc1ccccc1)C(=O)N/N=C\c1ccccn1. The lowest BCUT2D eigenvalue weighted by Crippen LogP contribution is -2.38. The molecule has 2 N–H and O–H groups in total. The van der Waals surface area contributed by atoms with Crippen molar-refractivity contribution in [1.82, 2.24) is 15.7 Å². The van der Waals surface area contributed by atoms with Gasteiger partial charge in [0.05, 0.1) is 11.9 Å². The Labute approximate surface area is 128 Å². The fraction of sp³-hybridized carbons (Fsp3) is 0.125. The van der Waals surface area contributed by atoms with Crippen LogP contribution < -0.4 is 10.7 Å². The molecule has 0 saturated carbocycles. The van der Waals surface area contributed by atoms with Gasteiger partial charge in [0, 0.05) is 12.7 Å². The van der Waals surface area contributed by atoms with E-state index in [9.17, 15) is 9.59 Å². The number of carbonyl (C=O) groups is 2. The summed E-state index contributed by atoms with van der Waals surface area (Å²) in [5.74, 6) is -1.52. The molecule has 0 aliphatic carbocycles. The molecule has 1 aromatic heterocycles. The maximum Gasteiger partial charge on any atom is 0.329 e. The van der Waals surface area contributed by atoms with E-state index in [0.717, 1.165) is 5.56 Å². The number of rotatable bonds is 5. The number of benzene rings is 1. The number of amides is 2. The number of pyridine rings is 1. The van der Waals surface area contributed by atoms with Gasteiger partial charge < -0.3 is 5.32 Å². The van der Waals surface area contributed by atoms with Crippen LogP contribution >= 0.6 is 0 Å². The van der Waals surface area contributed by atoms with Crippen LogP contribution in [0.5, 0.6) is 0 Å². The van der Waals surface area contributed by atoms with Gasteiger partial charge in [0.1, 0.15) is 0 Å². The summed E-state index contributed by atoms with van der Waals surface area (Å²) in [6.45, 7) is 0.389. The van der Waals surface area contributed by atoms with Crippen LogP contribution in [0.25, 0.3) is 0 Å². The van der Waals surface area contributed by atoms with E-state index in [1.54, 1.807) is 24.4 Å². The fourth-order valence-corrected chi connectivity index (χ4v) is 1.71. The highest BCUT2D eigenvalue weighted by Gasteiger charge is 2.11. The summed E-state index contributed by atoms with van der Waals surface area (Å²) >= 11 is 0. The Morgan fingerprint density at radius 1 is 1.05 bits per heavy atom. The molecule has 0 fully saturated rings. The smallest absolute Gasteiger partial charge is 0.329 e. The van der Waals surface area contributed by atoms with Gasteiger partial charge in [0.2, 0.25) is 0 Å². The molecule has 2 aromatic rings. The normalized spacial score (nSPS) is 10.4. The molecule has 22 heavy (non-hydrogen) atoms. The highest BCUT2D eigenvalue weighted by molar-refractivity contribution is 6.35. The average Bonchev–Trinajstić information content (AvgIpc) is 2.56. The van der Waals surface area contributed by atoms with Crippen molar-refractivity contribution in [3.8, 4) is 0 Å². The van der Waals surface area contributed by atoms with Crippen LogP contribution in [0.3, 0.4) is 0 Å². The molecule has 1 heterocycles. The van der Waals surface area contributed by atoms with E-state index in [2.05, 4.69) is 20.8 Å². The molecule has 2 rings (SSSR count). The summed E-state index contributed by atoms with van der Waals surface area (Å²) in [6, 6.07) is 15.0. The lowest BCUT2D eigenvalue weighted by Gasteiger charge is -2.04. The van der Waals surface area contributed by atoms with E-state index >= 15 is 0 Å². The molecular weight excluding hydrogens is 280 g/mol. The number of nitrogens with zero attached hydrogens (tertiary/aromatic N) is 2. The third kappa shape index (κ3) is 5.16. The van der Waals surface area contributed by atoms with Gasteiger partial charge in [-0.15, -0.1) is 0 Å². The van der Waals surface area contributed by atoms with Crippen molar-refractivity contribution in [2.24, 2.45) is 5.10 Å². The van der Waals surface area contributed by atoms with Gasteiger partial charge in [0.15, 0.2) is 0 Å². The van der Waals surface area contributed by atoms with Crippen molar-refractivity contribution in [3.63, 3.8) is 0 Å². The van der Waals surface area contributed by atoms with Crippen molar-refractivity contribution >= 4 is 18.0 Å². The molecular formula is C16H16N4O2. The summed E-state index contributed by atoms with van der Waals surface area (Å²) in [7, 11) is 0. The number of hydrogen-bond acceptors (Lipinski definition) is 4. The van der Waals surface area contributed by atoms with E-state index in [-0.39, 0.29) is 0 Å². The summed E-state index contributed by atoms with van der Waals surface area (Å²) < 4.78 is 0. The molecule has 0 aliphatic heterocycles. The van der Waals surface area contributed by atoms with Crippen molar-refractivity contribution in [2.45, 2.75) is 6.42 Å². The highest BCUT2D eigenvalue weighted by atomic mass is 16.2. The van der Waals surface area contributed by atoms with Crippen LogP contribution in [0.15, 0.2) is 59.8 Å². The Kier molecular flexibility index (Phi) is 5.80. The van der Waals surface area contributed by atoms with Crippen LogP contribution in [0.2, 0.25) is 0 Å². The maximum atomic E-state index is 11.6. The molecule has 6 heteroatoms. The van der Waals surface area contributed by atoms with Crippen LogP contribution in [-0.2, 0) is 16.0 Å². The van der Waals surface area contributed by atoms with E-state index in [1.807, 2.05) is 30.3 Å². The summed E-state index contributed by atoms with van der Waals surface area (Å²) in [6.07, 6.45) is 3.64. The van der Waals surface area contributed by atoms with Crippen LogP contribution in [0.1, 0.15) is 11.3 Å². The monoisotopic (exact) mass is 296 g/mol. The number of hydrazone groups is 1. The molecule has 0 bridgehead atoms. The third-order valence-corrected chi connectivity index (χ3v) is 2.80. The number of aromatic nitrogens is 1. The molecule has 0 spiro atoms. The maximum absolute atomic E-state index is 11.6. The summed E-state index contributed by atoms with van der Waals surface area (Å²) in [4.78, 5) is 27.1. The topological polar surface area (TPSA) is 83.5 Å². The Morgan fingerprint density at radius 3 is 2.55 bits per heavy atom. The molecule has 0 unspecified atom stereocenters. The highest BCUT2D eigenvalue weighted by Crippen LogP contribution is 1.97. The Hall–Kier alpha value is -3.02. The zero-order valence-corrected chi connectivity index (χ0v) is 11.9. The van der Waals surface area contributed by atoms with E-state index in [4.69, 9.17) is 0 Å². The Bertz CT molecular complexity index is 642. The molecule has 0 atom stereocenters. The summed E-state index contributed by atoms with van der Waals surface area (Å²) in [5.41, 5.74) is 3.84. The van der Waals surface area contributed by atoms with Crippen LogP contribution in [-0.4, -0.2) is 29.6 Å². The first kappa shape index (κ1) is 15.4. The Balaban J connectivity index is 1.71.